The number of anilines is 3. The van der Waals surface area contributed by atoms with E-state index in [1.165, 1.54) is 91.6 Å². The Morgan fingerprint density at radius 3 is 1.54 bits per heavy atom. The van der Waals surface area contributed by atoms with Gasteiger partial charge in [-0.05, 0) is 94.0 Å². The van der Waals surface area contributed by atoms with Crippen LogP contribution >= 0.6 is 11.3 Å². The minimum Gasteiger partial charge on any atom is -0.310 e. The second-order valence-electron chi connectivity index (χ2n) is 14.9. The van der Waals surface area contributed by atoms with Gasteiger partial charge in [0.25, 0.3) is 0 Å². The Hall–Kier alpha value is -7.20. The summed E-state index contributed by atoms with van der Waals surface area (Å²) in [6, 6.07) is 75.6. The zero-order valence-electron chi connectivity index (χ0n) is 30.9. The minimum atomic E-state index is 1.12. The molecule has 57 heavy (non-hydrogen) atoms. The van der Waals surface area contributed by atoms with Crippen LogP contribution < -0.4 is 4.90 Å². The van der Waals surface area contributed by atoms with Gasteiger partial charge in [0.1, 0.15) is 0 Å². The minimum absolute atomic E-state index is 1.12. The van der Waals surface area contributed by atoms with Crippen molar-refractivity contribution in [2.75, 3.05) is 4.90 Å². The number of thiophene rings is 1. The third-order valence-electron chi connectivity index (χ3n) is 11.7. The van der Waals surface area contributed by atoms with E-state index >= 15 is 0 Å². The predicted octanol–water partition coefficient (Wildman–Crippen LogP) is 15.7. The molecule has 12 rings (SSSR count). The molecule has 0 saturated carbocycles. The van der Waals surface area contributed by atoms with Crippen molar-refractivity contribution in [3.8, 4) is 33.4 Å². The molecule has 0 aliphatic heterocycles. The lowest BCUT2D eigenvalue weighted by Gasteiger charge is -2.27. The lowest BCUT2D eigenvalue weighted by molar-refractivity contribution is 1.30. The van der Waals surface area contributed by atoms with Crippen molar-refractivity contribution in [3.05, 3.63) is 206 Å². The molecule has 3 heterocycles. The van der Waals surface area contributed by atoms with Crippen LogP contribution in [0.1, 0.15) is 0 Å². The van der Waals surface area contributed by atoms with E-state index in [4.69, 9.17) is 0 Å². The second-order valence-corrected chi connectivity index (χ2v) is 16.0. The Bertz CT molecular complexity index is 3430. The van der Waals surface area contributed by atoms with Crippen LogP contribution in [0.5, 0.6) is 0 Å². The number of rotatable bonds is 6. The molecule has 0 bridgehead atoms. The quantitative estimate of drug-likeness (QED) is 0.165. The number of nitrogens with zero attached hydrogens (tertiary/aromatic N) is 2. The molecule has 0 N–H and O–H groups in total. The summed E-state index contributed by atoms with van der Waals surface area (Å²) in [5.74, 6) is 0. The van der Waals surface area contributed by atoms with Crippen LogP contribution in [0.4, 0.5) is 17.1 Å². The number of hydrogen-bond donors (Lipinski definition) is 0. The Kier molecular flexibility index (Phi) is 7.13. The number of fused-ring (bicyclic) bond motifs is 9. The fourth-order valence-corrected chi connectivity index (χ4v) is 10.2. The van der Waals surface area contributed by atoms with Crippen LogP contribution in [0.2, 0.25) is 0 Å². The van der Waals surface area contributed by atoms with E-state index in [-0.39, 0.29) is 0 Å². The van der Waals surface area contributed by atoms with Gasteiger partial charge in [0.15, 0.2) is 0 Å². The molecule has 0 amide bonds. The van der Waals surface area contributed by atoms with Gasteiger partial charge < -0.3 is 9.30 Å². The largest absolute Gasteiger partial charge is 0.310 e. The van der Waals surface area contributed by atoms with Gasteiger partial charge in [0, 0.05) is 53.1 Å². The van der Waals surface area contributed by atoms with Crippen molar-refractivity contribution >= 4 is 86.7 Å². The van der Waals surface area contributed by atoms with Gasteiger partial charge >= 0.3 is 0 Å². The van der Waals surface area contributed by atoms with Crippen LogP contribution in [0.3, 0.4) is 0 Å². The zero-order chi connectivity index (χ0) is 37.5. The Morgan fingerprint density at radius 1 is 0.333 bits per heavy atom. The van der Waals surface area contributed by atoms with E-state index in [9.17, 15) is 0 Å². The van der Waals surface area contributed by atoms with E-state index in [2.05, 4.69) is 216 Å². The SMILES string of the molecule is c1ccc(-c2ccc(N(c3ccc(-c4ccc5sc6cc(-c7ccccc7)ccc6c5c4)cc3)c3ccc4c5ccccc5n5c6ccccc6c3c45)cc2)cc1. The number of para-hydroxylation sites is 2. The monoisotopic (exact) mass is 742 g/mol. The summed E-state index contributed by atoms with van der Waals surface area (Å²) in [4.78, 5) is 2.44. The molecular formula is C54H34N2S. The average molecular weight is 743 g/mol. The maximum atomic E-state index is 2.46. The molecule has 2 nitrogen and oxygen atoms in total. The molecule has 0 radical (unpaired) electrons. The summed E-state index contributed by atoms with van der Waals surface area (Å²) < 4.78 is 5.09. The van der Waals surface area contributed by atoms with Gasteiger partial charge in [-0.3, -0.25) is 0 Å². The van der Waals surface area contributed by atoms with E-state index in [1.54, 1.807) is 0 Å². The summed E-state index contributed by atoms with van der Waals surface area (Å²) in [5.41, 5.74) is 14.5. The summed E-state index contributed by atoms with van der Waals surface area (Å²) in [6.07, 6.45) is 0. The maximum absolute atomic E-state index is 2.46. The summed E-state index contributed by atoms with van der Waals surface area (Å²) in [5, 5.41) is 7.70. The van der Waals surface area contributed by atoms with Gasteiger partial charge in [-0.1, -0.05) is 146 Å². The first kappa shape index (κ1) is 32.1. The van der Waals surface area contributed by atoms with Gasteiger partial charge in [-0.25, -0.2) is 0 Å². The van der Waals surface area contributed by atoms with Crippen molar-refractivity contribution < 1.29 is 0 Å². The Morgan fingerprint density at radius 2 is 0.842 bits per heavy atom. The molecule has 0 aliphatic rings. The molecule has 0 saturated heterocycles. The van der Waals surface area contributed by atoms with Gasteiger partial charge in [-0.15, -0.1) is 11.3 Å². The first-order valence-corrected chi connectivity index (χ1v) is 20.3. The van der Waals surface area contributed by atoms with Crippen LogP contribution in [-0.2, 0) is 0 Å². The van der Waals surface area contributed by atoms with Crippen LogP contribution in [-0.4, -0.2) is 4.40 Å². The summed E-state index contributed by atoms with van der Waals surface area (Å²) >= 11 is 1.87. The molecule has 12 aromatic rings. The Balaban J connectivity index is 1.00. The van der Waals surface area contributed by atoms with E-state index in [0.717, 1.165) is 17.1 Å². The fourth-order valence-electron chi connectivity index (χ4n) is 9.06. The van der Waals surface area contributed by atoms with Crippen molar-refractivity contribution in [1.82, 2.24) is 4.40 Å². The lowest BCUT2D eigenvalue weighted by Crippen LogP contribution is -2.10. The molecule has 3 aromatic heterocycles. The molecule has 0 aliphatic carbocycles. The third kappa shape index (κ3) is 5.03. The molecule has 266 valence electrons. The van der Waals surface area contributed by atoms with Crippen LogP contribution in [0.25, 0.3) is 91.6 Å². The van der Waals surface area contributed by atoms with Crippen LogP contribution in [0, 0.1) is 0 Å². The van der Waals surface area contributed by atoms with E-state index < -0.39 is 0 Å². The number of aromatic nitrogens is 1. The number of hydrogen-bond acceptors (Lipinski definition) is 2. The third-order valence-corrected chi connectivity index (χ3v) is 12.9. The summed E-state index contributed by atoms with van der Waals surface area (Å²) in [7, 11) is 0. The zero-order valence-corrected chi connectivity index (χ0v) is 31.7. The summed E-state index contributed by atoms with van der Waals surface area (Å²) in [6.45, 7) is 0. The number of benzene rings is 9. The molecule has 0 atom stereocenters. The predicted molar refractivity (Wildman–Crippen MR) is 245 cm³/mol. The first-order valence-electron chi connectivity index (χ1n) is 19.5. The molecule has 0 fully saturated rings. The smallest absolute Gasteiger partial charge is 0.0641 e. The topological polar surface area (TPSA) is 7.65 Å². The van der Waals surface area contributed by atoms with E-state index in [0.29, 0.717) is 0 Å². The van der Waals surface area contributed by atoms with Crippen LogP contribution in [0.15, 0.2) is 206 Å². The highest BCUT2D eigenvalue weighted by Gasteiger charge is 2.24. The van der Waals surface area contributed by atoms with Gasteiger partial charge in [0.05, 0.1) is 22.2 Å². The van der Waals surface area contributed by atoms with Crippen molar-refractivity contribution in [1.29, 1.82) is 0 Å². The highest BCUT2D eigenvalue weighted by Crippen LogP contribution is 2.48. The normalized spacial score (nSPS) is 11.9. The highest BCUT2D eigenvalue weighted by atomic mass is 32.1. The highest BCUT2D eigenvalue weighted by molar-refractivity contribution is 7.25. The maximum Gasteiger partial charge on any atom is 0.0641 e. The molecule has 9 aromatic carbocycles. The Labute approximate surface area is 334 Å². The second kappa shape index (κ2) is 12.7. The molecular weight excluding hydrogens is 709 g/mol. The average Bonchev–Trinajstić information content (AvgIpc) is 3.94. The fraction of sp³-hybridized carbons (Fsp3) is 0. The first-order chi connectivity index (χ1) is 28.3. The lowest BCUT2D eigenvalue weighted by atomic mass is 10.00. The van der Waals surface area contributed by atoms with Gasteiger partial charge in [0.2, 0.25) is 0 Å². The molecule has 0 spiro atoms. The van der Waals surface area contributed by atoms with Gasteiger partial charge in [-0.2, -0.15) is 0 Å². The standard InChI is InChI=1S/C54H34N2S/c1-3-11-35(12-4-1)37-19-25-41(26-20-37)55(50-31-30-45-43-15-7-9-17-48(43)56-49-18-10-8-16-46(49)53(50)54(45)56)42-27-21-38(22-28-42)39-24-32-51-47(33-39)44-29-23-40(34-52(44)57-51)36-13-5-2-6-14-36/h1-34H. The van der Waals surface area contributed by atoms with Crippen molar-refractivity contribution in [2.24, 2.45) is 0 Å². The molecule has 3 heteroatoms. The van der Waals surface area contributed by atoms with E-state index in [1.807, 2.05) is 11.3 Å². The van der Waals surface area contributed by atoms with Crippen molar-refractivity contribution in [3.63, 3.8) is 0 Å². The van der Waals surface area contributed by atoms with Crippen molar-refractivity contribution in [2.45, 2.75) is 0 Å². The molecule has 0 unspecified atom stereocenters.